The summed E-state index contributed by atoms with van der Waals surface area (Å²) in [4.78, 5) is 12.4. The number of hydrogen-bond acceptors (Lipinski definition) is 5. The molecule has 0 N–H and O–H groups in total. The normalized spacial score (nSPS) is 19.9. The van der Waals surface area contributed by atoms with E-state index in [1.807, 2.05) is 0 Å². The fourth-order valence-corrected chi connectivity index (χ4v) is 10.9. The predicted octanol–water partition coefficient (Wildman–Crippen LogP) is 7.38. The molecule has 42 heavy (non-hydrogen) atoms. The Bertz CT molecular complexity index is 1120. The summed E-state index contributed by atoms with van der Waals surface area (Å²) in [6.07, 6.45) is -7.91. The Morgan fingerprint density at radius 2 is 0.976 bits per heavy atom. The van der Waals surface area contributed by atoms with Crippen LogP contribution in [-0.2, 0) is 18.5 Å². The Hall–Kier alpha value is -0.910. The number of carbonyl (C=O) groups excluding carboxylic acids is 1. The van der Waals surface area contributed by atoms with Crippen LogP contribution in [-0.4, -0.2) is 89.9 Å². The van der Waals surface area contributed by atoms with E-state index in [9.17, 15) is 87.8 Å². The third-order valence-electron chi connectivity index (χ3n) is 5.67. The number of hydrogen-bond donors (Lipinski definition) is 0. The summed E-state index contributed by atoms with van der Waals surface area (Å²) in [6.45, 7) is 3.62. The van der Waals surface area contributed by atoms with Crippen LogP contribution < -0.4 is 0 Å². The Morgan fingerprint density at radius 3 is 1.31 bits per heavy atom. The molecule has 252 valence electrons. The van der Waals surface area contributed by atoms with Gasteiger partial charge >= 0.3 is 57.1 Å². The van der Waals surface area contributed by atoms with Crippen LogP contribution in [0.1, 0.15) is 20.8 Å². The zero-order valence-corrected chi connectivity index (χ0v) is 23.3. The number of rotatable bonds is 11. The molecule has 1 rings (SSSR count). The van der Waals surface area contributed by atoms with Crippen molar-refractivity contribution in [3.8, 4) is 0 Å². The first-order valence-corrected chi connectivity index (χ1v) is 15.2. The van der Waals surface area contributed by atoms with Gasteiger partial charge in [-0.3, -0.25) is 4.79 Å². The molecular formula is C18H19F17O4S3. The number of carbonyl (C=O) groups is 1. The number of halogens is 17. The summed E-state index contributed by atoms with van der Waals surface area (Å²) >= 11 is 0.971. The molecule has 0 spiro atoms. The second kappa shape index (κ2) is 10.9. The van der Waals surface area contributed by atoms with Crippen LogP contribution in [0.25, 0.3) is 0 Å². The number of Topliss-reactive ketones (excluding diaryl/α,β-unsaturated/α-hetero) is 1. The van der Waals surface area contributed by atoms with Crippen molar-refractivity contribution < 1.29 is 91.5 Å². The van der Waals surface area contributed by atoms with Crippen LogP contribution in [0, 0.1) is 5.41 Å². The SMILES string of the molecule is CC(C)(C)C(=O)CS1(OS(=O)(=O)C(F)(F)C(F)(F)C(F)(F)C(F)(F)C(F)(F)C(F)(F)C(F)(F)C(F)(F)F)CCSCC1. The van der Waals surface area contributed by atoms with Gasteiger partial charge in [0.1, 0.15) is 5.78 Å². The quantitative estimate of drug-likeness (QED) is 0.209. The van der Waals surface area contributed by atoms with Crippen LogP contribution in [0.2, 0.25) is 0 Å². The van der Waals surface area contributed by atoms with Gasteiger partial charge in [-0.25, -0.2) is 3.63 Å². The van der Waals surface area contributed by atoms with E-state index in [1.165, 1.54) is 20.8 Å². The van der Waals surface area contributed by atoms with Gasteiger partial charge in [-0.2, -0.15) is 94.8 Å². The van der Waals surface area contributed by atoms with Crippen LogP contribution in [0.5, 0.6) is 0 Å². The van der Waals surface area contributed by atoms with Crippen molar-refractivity contribution in [1.82, 2.24) is 0 Å². The van der Waals surface area contributed by atoms with E-state index in [4.69, 9.17) is 0 Å². The maximum atomic E-state index is 14.5. The molecule has 1 aliphatic heterocycles. The molecule has 0 bridgehead atoms. The van der Waals surface area contributed by atoms with E-state index in [0.717, 1.165) is 11.8 Å². The highest BCUT2D eigenvalue weighted by atomic mass is 32.3. The minimum atomic E-state index is -8.92. The van der Waals surface area contributed by atoms with Crippen LogP contribution in [0.3, 0.4) is 0 Å². The van der Waals surface area contributed by atoms with Gasteiger partial charge in [-0.15, -0.1) is 10.3 Å². The highest BCUT2D eigenvalue weighted by Crippen LogP contribution is 2.65. The largest absolute Gasteiger partial charge is 0.460 e. The molecule has 24 heteroatoms. The molecule has 0 amide bonds. The molecule has 1 fully saturated rings. The lowest BCUT2D eigenvalue weighted by Crippen LogP contribution is -2.75. The first-order valence-electron chi connectivity index (χ1n) is 10.6. The van der Waals surface area contributed by atoms with Gasteiger partial charge in [0.2, 0.25) is 0 Å². The number of alkyl halides is 17. The molecule has 0 aromatic heterocycles. The van der Waals surface area contributed by atoms with Crippen molar-refractivity contribution in [1.29, 1.82) is 0 Å². The second-order valence-electron chi connectivity index (χ2n) is 9.79. The lowest BCUT2D eigenvalue weighted by atomic mass is 9.91. The Kier molecular flexibility index (Phi) is 10.1. The maximum absolute atomic E-state index is 14.5. The van der Waals surface area contributed by atoms with Crippen LogP contribution in [0.15, 0.2) is 0 Å². The number of thioether (sulfide) groups is 1. The molecule has 1 saturated heterocycles. The average Bonchev–Trinajstić information content (AvgIpc) is 2.76. The standard InChI is InChI=1S/C18H19F17O4S3/c1-10(2,3)9(36)8-41(6-4-40-5-7-41)39-42(37,38)18(34,35)16(29,30)14(25,26)12(21,22)11(19,20)13(23,24)15(27,28)17(31,32)33/h4-8H2,1-3H3. The summed E-state index contributed by atoms with van der Waals surface area (Å²) in [6, 6.07) is 0. The van der Waals surface area contributed by atoms with Crippen molar-refractivity contribution in [2.24, 2.45) is 5.41 Å². The summed E-state index contributed by atoms with van der Waals surface area (Å²) in [5.74, 6) is -56.0. The third-order valence-corrected chi connectivity index (χ3v) is 12.6. The first kappa shape index (κ1) is 39.1. The van der Waals surface area contributed by atoms with E-state index < -0.39 is 95.8 Å². The smallest absolute Gasteiger partial charge is 0.298 e. The van der Waals surface area contributed by atoms with Crippen molar-refractivity contribution >= 4 is 38.0 Å². The van der Waals surface area contributed by atoms with E-state index in [2.05, 4.69) is 3.63 Å². The van der Waals surface area contributed by atoms with E-state index in [1.54, 1.807) is 0 Å². The fourth-order valence-electron chi connectivity index (χ4n) is 2.86. The highest BCUT2D eigenvalue weighted by molar-refractivity contribution is 8.34. The zero-order chi connectivity index (χ0) is 34.0. The molecule has 0 saturated carbocycles. The van der Waals surface area contributed by atoms with Gasteiger partial charge in [0, 0.05) is 28.4 Å². The van der Waals surface area contributed by atoms with E-state index in [-0.39, 0.29) is 11.5 Å². The van der Waals surface area contributed by atoms with Crippen molar-refractivity contribution in [2.75, 3.05) is 28.8 Å². The summed E-state index contributed by atoms with van der Waals surface area (Å²) in [5, 5.41) is -7.76. The molecule has 4 nitrogen and oxygen atoms in total. The molecule has 0 aliphatic carbocycles. The topological polar surface area (TPSA) is 60.4 Å². The van der Waals surface area contributed by atoms with E-state index in [0.29, 0.717) is 0 Å². The fraction of sp³-hybridized carbons (Fsp3) is 0.944. The Labute approximate surface area is 231 Å². The lowest BCUT2D eigenvalue weighted by Gasteiger charge is -2.44. The van der Waals surface area contributed by atoms with Gasteiger partial charge in [0.05, 0.1) is 5.75 Å². The monoisotopic (exact) mass is 718 g/mol. The Balaban J connectivity index is 3.72. The van der Waals surface area contributed by atoms with Gasteiger partial charge < -0.3 is 0 Å². The molecule has 0 aromatic carbocycles. The van der Waals surface area contributed by atoms with Gasteiger partial charge in [0.15, 0.2) is 0 Å². The number of ketones is 1. The summed E-state index contributed by atoms with van der Waals surface area (Å²) < 4.78 is 258. The van der Waals surface area contributed by atoms with E-state index >= 15 is 0 Å². The van der Waals surface area contributed by atoms with Gasteiger partial charge in [0.25, 0.3) is 0 Å². The molecule has 0 atom stereocenters. The van der Waals surface area contributed by atoms with Crippen molar-refractivity contribution in [2.45, 2.75) is 67.7 Å². The van der Waals surface area contributed by atoms with Crippen LogP contribution in [0.4, 0.5) is 74.6 Å². The van der Waals surface area contributed by atoms with Crippen molar-refractivity contribution in [3.05, 3.63) is 0 Å². The summed E-state index contributed by atoms with van der Waals surface area (Å²) in [5.41, 5.74) is -1.38. The molecular weight excluding hydrogens is 699 g/mol. The lowest BCUT2D eigenvalue weighted by molar-refractivity contribution is -0.458. The second-order valence-corrected chi connectivity index (χ2v) is 16.0. The first-order chi connectivity index (χ1) is 18.0. The predicted molar refractivity (Wildman–Crippen MR) is 115 cm³/mol. The summed E-state index contributed by atoms with van der Waals surface area (Å²) in [7, 11) is -11.6. The Morgan fingerprint density at radius 1 is 0.643 bits per heavy atom. The molecule has 0 radical (unpaired) electrons. The maximum Gasteiger partial charge on any atom is 0.460 e. The third kappa shape index (κ3) is 5.89. The van der Waals surface area contributed by atoms with Crippen LogP contribution >= 0.6 is 22.1 Å². The average molecular weight is 719 g/mol. The highest BCUT2D eigenvalue weighted by Gasteiger charge is 2.96. The van der Waals surface area contributed by atoms with Gasteiger partial charge in [-0.05, 0) is 0 Å². The molecule has 1 aliphatic rings. The molecule has 0 aromatic rings. The van der Waals surface area contributed by atoms with Crippen molar-refractivity contribution in [3.63, 3.8) is 0 Å². The van der Waals surface area contributed by atoms with Gasteiger partial charge in [-0.1, -0.05) is 20.8 Å². The minimum Gasteiger partial charge on any atom is -0.298 e. The molecule has 0 unspecified atom stereocenters. The molecule has 1 heterocycles. The zero-order valence-electron chi connectivity index (χ0n) is 20.8. The minimum absolute atomic E-state index is 0.215.